The first kappa shape index (κ1) is 22.7. The first-order valence-electron chi connectivity index (χ1n) is 9.01. The molecule has 0 aliphatic rings. The van der Waals surface area contributed by atoms with Gasteiger partial charge in [0.2, 0.25) is 0 Å². The Labute approximate surface area is 167 Å². The van der Waals surface area contributed by atoms with Crippen molar-refractivity contribution >= 4 is 24.5 Å². The third kappa shape index (κ3) is 9.27. The molecule has 0 aromatic heterocycles. The highest BCUT2D eigenvalue weighted by atomic mass is 35.5. The van der Waals surface area contributed by atoms with Crippen molar-refractivity contribution in [2.75, 3.05) is 19.7 Å². The van der Waals surface area contributed by atoms with Crippen molar-refractivity contribution in [2.24, 2.45) is 0 Å². The highest BCUT2D eigenvalue weighted by molar-refractivity contribution is 5.85. The topological polar surface area (TPSA) is 58.6 Å². The van der Waals surface area contributed by atoms with Gasteiger partial charge in [-0.2, -0.15) is 0 Å². The van der Waals surface area contributed by atoms with E-state index in [1.54, 1.807) is 0 Å². The lowest BCUT2D eigenvalue weighted by Gasteiger charge is -2.09. The molecular formula is C22H28ClNO3. The fourth-order valence-corrected chi connectivity index (χ4v) is 2.60. The minimum absolute atomic E-state index is 0. The van der Waals surface area contributed by atoms with Crippen LogP contribution in [-0.4, -0.2) is 30.8 Å². The van der Waals surface area contributed by atoms with Crippen LogP contribution < -0.4 is 10.1 Å². The lowest BCUT2D eigenvalue weighted by Crippen LogP contribution is -2.17. The fraction of sp³-hybridized carbons (Fsp3) is 0.318. The highest BCUT2D eigenvalue weighted by Crippen LogP contribution is 2.18. The second-order valence-corrected chi connectivity index (χ2v) is 6.21. The number of rotatable bonds is 11. The van der Waals surface area contributed by atoms with Crippen molar-refractivity contribution in [3.63, 3.8) is 0 Å². The number of nitrogens with one attached hydrogen (secondary N) is 1. The van der Waals surface area contributed by atoms with E-state index in [2.05, 4.69) is 48.6 Å². The lowest BCUT2D eigenvalue weighted by atomic mass is 10.1. The molecule has 0 fully saturated rings. The minimum atomic E-state index is -0.781. The number of carboxylic acid groups (broad SMARTS) is 1. The van der Waals surface area contributed by atoms with Crippen LogP contribution in [0.1, 0.15) is 29.5 Å². The summed E-state index contributed by atoms with van der Waals surface area (Å²) < 4.78 is 5.85. The highest BCUT2D eigenvalue weighted by Gasteiger charge is 2.00. The van der Waals surface area contributed by atoms with Gasteiger partial charge in [-0.15, -0.1) is 12.4 Å². The van der Waals surface area contributed by atoms with Gasteiger partial charge >= 0.3 is 5.97 Å². The minimum Gasteiger partial charge on any atom is -0.494 e. The molecule has 0 bridgehead atoms. The Bertz CT molecular complexity index is 717. The van der Waals surface area contributed by atoms with E-state index in [9.17, 15) is 4.79 Å². The van der Waals surface area contributed by atoms with E-state index in [0.29, 0.717) is 19.7 Å². The number of hydrogen-bond acceptors (Lipinski definition) is 3. The van der Waals surface area contributed by atoms with Crippen LogP contribution in [0.5, 0.6) is 5.75 Å². The van der Waals surface area contributed by atoms with Gasteiger partial charge in [0, 0.05) is 13.1 Å². The van der Waals surface area contributed by atoms with Crippen LogP contribution in [0.2, 0.25) is 0 Å². The number of hydrogen-bond donors (Lipinski definition) is 2. The second kappa shape index (κ2) is 13.0. The summed E-state index contributed by atoms with van der Waals surface area (Å²) in [4.78, 5) is 10.4. The predicted octanol–water partition coefficient (Wildman–Crippen LogP) is 4.51. The zero-order valence-corrected chi connectivity index (χ0v) is 16.5. The van der Waals surface area contributed by atoms with Crippen LogP contribution in [-0.2, 0) is 11.2 Å². The van der Waals surface area contributed by atoms with E-state index in [-0.39, 0.29) is 18.8 Å². The summed E-state index contributed by atoms with van der Waals surface area (Å²) in [6, 6.07) is 16.5. The Balaban J connectivity index is 0.00000364. The Hall–Kier alpha value is -2.30. The Morgan fingerprint density at radius 2 is 1.96 bits per heavy atom. The SMILES string of the molecule is Cc1cc(OCCCc2ccccc2)ccc1/C=C/CNCCC(=O)O.Cl. The van der Waals surface area contributed by atoms with Crippen LogP contribution in [0.4, 0.5) is 0 Å². The quantitative estimate of drug-likeness (QED) is 0.555. The average molecular weight is 390 g/mol. The molecule has 146 valence electrons. The summed E-state index contributed by atoms with van der Waals surface area (Å²) in [5.74, 6) is 0.115. The van der Waals surface area contributed by atoms with E-state index < -0.39 is 5.97 Å². The fourth-order valence-electron chi connectivity index (χ4n) is 2.60. The molecular weight excluding hydrogens is 362 g/mol. The zero-order valence-electron chi connectivity index (χ0n) is 15.7. The Morgan fingerprint density at radius 1 is 1.19 bits per heavy atom. The molecule has 0 amide bonds. The van der Waals surface area contributed by atoms with Gasteiger partial charge in [0.1, 0.15) is 5.75 Å². The van der Waals surface area contributed by atoms with Crippen LogP contribution in [0, 0.1) is 6.92 Å². The van der Waals surface area contributed by atoms with Crippen molar-refractivity contribution in [1.82, 2.24) is 5.32 Å². The maximum atomic E-state index is 10.4. The summed E-state index contributed by atoms with van der Waals surface area (Å²) in [6.45, 7) is 3.91. The van der Waals surface area contributed by atoms with Crippen LogP contribution in [0.3, 0.4) is 0 Å². The van der Waals surface area contributed by atoms with Gasteiger partial charge in [0.25, 0.3) is 0 Å². The first-order valence-corrected chi connectivity index (χ1v) is 9.01. The molecule has 0 aliphatic heterocycles. The second-order valence-electron chi connectivity index (χ2n) is 6.21. The third-order valence-electron chi connectivity index (χ3n) is 4.04. The molecule has 27 heavy (non-hydrogen) atoms. The summed E-state index contributed by atoms with van der Waals surface area (Å²) >= 11 is 0. The summed E-state index contributed by atoms with van der Waals surface area (Å²) in [5, 5.41) is 11.6. The molecule has 0 atom stereocenters. The largest absolute Gasteiger partial charge is 0.494 e. The molecule has 0 spiro atoms. The van der Waals surface area contributed by atoms with Crippen LogP contribution in [0.25, 0.3) is 6.08 Å². The van der Waals surface area contributed by atoms with E-state index in [1.807, 2.05) is 24.3 Å². The number of aliphatic carboxylic acids is 1. The molecule has 2 rings (SSSR count). The van der Waals surface area contributed by atoms with Gasteiger partial charge in [-0.1, -0.05) is 48.6 Å². The number of benzene rings is 2. The monoisotopic (exact) mass is 389 g/mol. The first-order chi connectivity index (χ1) is 12.6. The normalized spacial score (nSPS) is 10.6. The Morgan fingerprint density at radius 3 is 2.67 bits per heavy atom. The molecule has 2 N–H and O–H groups in total. The van der Waals surface area contributed by atoms with Crippen LogP contribution >= 0.6 is 12.4 Å². The van der Waals surface area contributed by atoms with Gasteiger partial charge < -0.3 is 15.2 Å². The maximum Gasteiger partial charge on any atom is 0.304 e. The number of aryl methyl sites for hydroxylation is 2. The molecule has 2 aromatic carbocycles. The number of halogens is 1. The molecule has 0 aliphatic carbocycles. The number of ether oxygens (including phenoxy) is 1. The van der Waals surface area contributed by atoms with E-state index in [4.69, 9.17) is 9.84 Å². The van der Waals surface area contributed by atoms with E-state index >= 15 is 0 Å². The van der Waals surface area contributed by atoms with Crippen molar-refractivity contribution in [3.8, 4) is 5.75 Å². The molecule has 2 aromatic rings. The summed E-state index contributed by atoms with van der Waals surface area (Å²) in [6.07, 6.45) is 6.21. The Kier molecular flexibility index (Phi) is 10.9. The molecule has 0 saturated heterocycles. The molecule has 5 heteroatoms. The molecule has 0 radical (unpaired) electrons. The maximum absolute atomic E-state index is 10.4. The number of carbonyl (C=O) groups is 1. The summed E-state index contributed by atoms with van der Waals surface area (Å²) in [7, 11) is 0. The smallest absolute Gasteiger partial charge is 0.304 e. The average Bonchev–Trinajstić information content (AvgIpc) is 2.63. The standard InChI is InChI=1S/C22H27NO3.ClH/c1-18-17-21(26-16-6-9-19-7-3-2-4-8-19)12-11-20(18)10-5-14-23-15-13-22(24)25;/h2-5,7-8,10-12,17,23H,6,9,13-16H2,1H3,(H,24,25);1H/b10-5+;. The van der Waals surface area contributed by atoms with Gasteiger partial charge in [0.15, 0.2) is 0 Å². The molecule has 0 unspecified atom stereocenters. The van der Waals surface area contributed by atoms with Crippen LogP contribution in [0.15, 0.2) is 54.6 Å². The molecule has 0 heterocycles. The van der Waals surface area contributed by atoms with Crippen molar-refractivity contribution in [2.45, 2.75) is 26.2 Å². The summed E-state index contributed by atoms with van der Waals surface area (Å²) in [5.41, 5.74) is 3.64. The van der Waals surface area contributed by atoms with Gasteiger partial charge in [-0.3, -0.25) is 4.79 Å². The van der Waals surface area contributed by atoms with Gasteiger partial charge in [-0.25, -0.2) is 0 Å². The van der Waals surface area contributed by atoms with E-state index in [1.165, 1.54) is 5.56 Å². The lowest BCUT2D eigenvalue weighted by molar-refractivity contribution is -0.136. The number of carboxylic acids is 1. The van der Waals surface area contributed by atoms with Crippen molar-refractivity contribution in [1.29, 1.82) is 0 Å². The third-order valence-corrected chi connectivity index (χ3v) is 4.04. The van der Waals surface area contributed by atoms with Crippen molar-refractivity contribution < 1.29 is 14.6 Å². The van der Waals surface area contributed by atoms with E-state index in [0.717, 1.165) is 29.7 Å². The zero-order chi connectivity index (χ0) is 18.6. The molecule has 0 saturated carbocycles. The van der Waals surface area contributed by atoms with Gasteiger partial charge in [0.05, 0.1) is 13.0 Å². The predicted molar refractivity (Wildman–Crippen MR) is 113 cm³/mol. The van der Waals surface area contributed by atoms with Crippen molar-refractivity contribution in [3.05, 3.63) is 71.3 Å². The molecule has 4 nitrogen and oxygen atoms in total. The van der Waals surface area contributed by atoms with Gasteiger partial charge in [-0.05, 0) is 48.6 Å².